The molecule has 2 aliphatic rings. The van der Waals surface area contributed by atoms with Crippen molar-refractivity contribution < 1.29 is 36.3 Å². The highest BCUT2D eigenvalue weighted by Gasteiger charge is 2.52. The smallest absolute Gasteiger partial charge is 0.416 e. The van der Waals surface area contributed by atoms with Crippen molar-refractivity contribution in [2.75, 3.05) is 6.61 Å². The number of hydrogen-bond acceptors (Lipinski definition) is 5. The first kappa shape index (κ1) is 32.9. The fourth-order valence-electron chi connectivity index (χ4n) is 4.72. The summed E-state index contributed by atoms with van der Waals surface area (Å²) in [5, 5.41) is -0.0282. The Morgan fingerprint density at radius 1 is 1.02 bits per heavy atom. The third-order valence-electron chi connectivity index (χ3n) is 9.18. The molecule has 2 bridgehead atoms. The summed E-state index contributed by atoms with van der Waals surface area (Å²) in [5.74, 6) is -0.0643. The molecule has 0 spiro atoms. The molecular weight excluding hydrogens is 553 g/mol. The molecule has 1 saturated carbocycles. The highest BCUT2D eigenvalue weighted by atomic mass is 28.4. The summed E-state index contributed by atoms with van der Waals surface area (Å²) in [4.78, 5) is 12.4. The zero-order valence-electron chi connectivity index (χ0n) is 25.6. The molecule has 1 aliphatic carbocycles. The Kier molecular flexibility index (Phi) is 9.51. The number of rotatable bonds is 9. The lowest BCUT2D eigenvalue weighted by Gasteiger charge is -2.40. The summed E-state index contributed by atoms with van der Waals surface area (Å²) in [6.45, 7) is 21.8. The molecule has 1 aromatic carbocycles. The number of hydrogen-bond donors (Lipinski definition) is 0. The van der Waals surface area contributed by atoms with Crippen molar-refractivity contribution in [3.63, 3.8) is 0 Å². The van der Waals surface area contributed by atoms with E-state index >= 15 is 0 Å². The van der Waals surface area contributed by atoms with Gasteiger partial charge in [0.2, 0.25) is 0 Å². The number of carbonyl (C=O) groups excluding carboxylic acids is 1. The van der Waals surface area contributed by atoms with E-state index in [0.29, 0.717) is 12.8 Å². The predicted octanol–water partition coefficient (Wildman–Crippen LogP) is 8.37. The SMILES string of the molecule is CC(C)(C)[Si](C)(C)O[C@H](/C=C/[C@@H]1[C@H]2CC(=O)O[C@@H]1C[C@@H]2O[Si](C)(C)C(C)(C)C)COc1cccc(C(F)(F)F)c1. The van der Waals surface area contributed by atoms with Crippen molar-refractivity contribution in [2.24, 2.45) is 11.8 Å². The van der Waals surface area contributed by atoms with Crippen molar-refractivity contribution in [1.82, 2.24) is 0 Å². The van der Waals surface area contributed by atoms with E-state index in [-0.39, 0.29) is 52.4 Å². The fourth-order valence-corrected chi connectivity index (χ4v) is 7.36. The van der Waals surface area contributed by atoms with E-state index in [1.54, 1.807) is 0 Å². The summed E-state index contributed by atoms with van der Waals surface area (Å²) in [7, 11) is -4.30. The van der Waals surface area contributed by atoms with E-state index in [2.05, 4.69) is 73.8 Å². The third kappa shape index (κ3) is 7.80. The first-order valence-electron chi connectivity index (χ1n) is 14.1. The van der Waals surface area contributed by atoms with Gasteiger partial charge in [0.05, 0.1) is 24.2 Å². The first-order valence-corrected chi connectivity index (χ1v) is 20.0. The normalized spacial score (nSPS) is 25.3. The van der Waals surface area contributed by atoms with Crippen LogP contribution < -0.4 is 4.74 Å². The van der Waals surface area contributed by atoms with Gasteiger partial charge in [-0.1, -0.05) is 59.8 Å². The van der Waals surface area contributed by atoms with E-state index < -0.39 is 34.5 Å². The van der Waals surface area contributed by atoms with E-state index in [0.717, 1.165) is 12.1 Å². The van der Waals surface area contributed by atoms with Gasteiger partial charge in [0.15, 0.2) is 16.6 Å². The topological polar surface area (TPSA) is 54.0 Å². The number of benzene rings is 1. The molecule has 226 valence electrons. The van der Waals surface area contributed by atoms with Crippen molar-refractivity contribution in [2.45, 2.75) is 115 Å². The summed E-state index contributed by atoms with van der Waals surface area (Å²) >= 11 is 0. The molecule has 0 N–H and O–H groups in total. The molecule has 10 heteroatoms. The molecule has 0 radical (unpaired) electrons. The monoisotopic (exact) mass is 600 g/mol. The standard InChI is InChI=1S/C30H47F3O5Si2/c1-28(2,3)39(7,8)37-22(19-35-21-13-11-12-20(16-21)30(31,32)33)14-15-23-24-17-27(34)36-25(23)18-26(24)38-40(9,10)29(4,5)6/h11-16,22-26H,17-19H2,1-10H3/b15-14+/t22-,23-,24-,25-,26+/m1/s1. The molecule has 0 amide bonds. The van der Waals surface area contributed by atoms with Crippen LogP contribution in [0.5, 0.6) is 5.75 Å². The Morgan fingerprint density at radius 2 is 1.65 bits per heavy atom. The van der Waals surface area contributed by atoms with Gasteiger partial charge in [0.25, 0.3) is 0 Å². The third-order valence-corrected chi connectivity index (χ3v) is 18.2. The Balaban J connectivity index is 1.83. The maximum atomic E-state index is 13.2. The largest absolute Gasteiger partial charge is 0.491 e. The van der Waals surface area contributed by atoms with E-state index in [9.17, 15) is 18.0 Å². The number of esters is 1. The molecule has 1 heterocycles. The molecule has 0 aromatic heterocycles. The van der Waals surface area contributed by atoms with Crippen molar-refractivity contribution in [3.8, 4) is 5.75 Å². The van der Waals surface area contributed by atoms with Crippen LogP contribution in [0.1, 0.15) is 59.9 Å². The van der Waals surface area contributed by atoms with Gasteiger partial charge in [-0.2, -0.15) is 13.2 Å². The maximum absolute atomic E-state index is 13.2. The Morgan fingerprint density at radius 3 is 2.23 bits per heavy atom. The average Bonchev–Trinajstić information content (AvgIpc) is 2.98. The molecule has 1 aliphatic heterocycles. The lowest BCUT2D eigenvalue weighted by Crippen LogP contribution is -2.45. The van der Waals surface area contributed by atoms with Gasteiger partial charge < -0.3 is 18.3 Å². The lowest BCUT2D eigenvalue weighted by molar-refractivity contribution is -0.156. The lowest BCUT2D eigenvalue weighted by atomic mass is 9.88. The molecule has 3 rings (SSSR count). The van der Waals surface area contributed by atoms with Crippen LogP contribution in [0, 0.1) is 11.8 Å². The van der Waals surface area contributed by atoms with Crippen LogP contribution in [-0.4, -0.2) is 47.5 Å². The second-order valence-electron chi connectivity index (χ2n) is 14.3. The molecule has 40 heavy (non-hydrogen) atoms. The second kappa shape index (κ2) is 11.6. The quantitative estimate of drug-likeness (QED) is 0.162. The van der Waals surface area contributed by atoms with Crippen LogP contribution in [-0.2, 0) is 24.6 Å². The van der Waals surface area contributed by atoms with Gasteiger partial charge in [0.1, 0.15) is 18.5 Å². The van der Waals surface area contributed by atoms with E-state index in [4.69, 9.17) is 18.3 Å². The average molecular weight is 601 g/mol. The number of ether oxygens (including phenoxy) is 2. The molecule has 0 unspecified atom stereocenters. The number of alkyl halides is 3. The maximum Gasteiger partial charge on any atom is 0.416 e. The van der Waals surface area contributed by atoms with E-state index in [1.165, 1.54) is 12.1 Å². The van der Waals surface area contributed by atoms with E-state index in [1.807, 2.05) is 6.08 Å². The minimum absolute atomic E-state index is 0.00883. The van der Waals surface area contributed by atoms with Gasteiger partial charge in [-0.05, 0) is 54.5 Å². The van der Waals surface area contributed by atoms with Gasteiger partial charge in [-0.25, -0.2) is 0 Å². The van der Waals surface area contributed by atoms with Gasteiger partial charge in [-0.15, -0.1) is 0 Å². The zero-order valence-corrected chi connectivity index (χ0v) is 27.6. The summed E-state index contributed by atoms with van der Waals surface area (Å²) in [6, 6.07) is 4.90. The molecule has 5 atom stereocenters. The van der Waals surface area contributed by atoms with Crippen LogP contribution >= 0.6 is 0 Å². The van der Waals surface area contributed by atoms with Gasteiger partial charge in [-0.3, -0.25) is 4.79 Å². The summed E-state index contributed by atoms with van der Waals surface area (Å²) in [6.07, 6.45) is -0.282. The molecule has 1 saturated heterocycles. The number of fused-ring (bicyclic) bond motifs is 2. The van der Waals surface area contributed by atoms with Crippen molar-refractivity contribution in [3.05, 3.63) is 42.0 Å². The highest BCUT2D eigenvalue weighted by molar-refractivity contribution is 6.74. The molecule has 1 aromatic rings. The molecule has 2 fully saturated rings. The van der Waals surface area contributed by atoms with Gasteiger partial charge >= 0.3 is 12.1 Å². The van der Waals surface area contributed by atoms with Crippen LogP contribution in [0.3, 0.4) is 0 Å². The zero-order chi connectivity index (χ0) is 30.3. The summed E-state index contributed by atoms with van der Waals surface area (Å²) in [5.41, 5.74) is -0.754. The van der Waals surface area contributed by atoms with Crippen LogP contribution in [0.4, 0.5) is 13.2 Å². The number of halogens is 3. The predicted molar refractivity (Wildman–Crippen MR) is 156 cm³/mol. The molecular formula is C30H47F3O5Si2. The fraction of sp³-hybridized carbons (Fsp3) is 0.700. The minimum Gasteiger partial charge on any atom is -0.491 e. The van der Waals surface area contributed by atoms with Crippen LogP contribution in [0.15, 0.2) is 36.4 Å². The van der Waals surface area contributed by atoms with Crippen LogP contribution in [0.25, 0.3) is 0 Å². The van der Waals surface area contributed by atoms with Gasteiger partial charge in [0, 0.05) is 18.3 Å². The first-order chi connectivity index (χ1) is 18.1. The Hall–Kier alpha value is -1.63. The number of carbonyl (C=O) groups is 1. The van der Waals surface area contributed by atoms with Crippen molar-refractivity contribution >= 4 is 22.6 Å². The summed E-state index contributed by atoms with van der Waals surface area (Å²) < 4.78 is 64.7. The Labute approximate surface area is 240 Å². The Bertz CT molecular complexity index is 1070. The molecule has 5 nitrogen and oxygen atoms in total. The minimum atomic E-state index is -4.45. The van der Waals surface area contributed by atoms with Crippen LogP contribution in [0.2, 0.25) is 36.3 Å². The van der Waals surface area contributed by atoms with Crippen molar-refractivity contribution in [1.29, 1.82) is 0 Å². The second-order valence-corrected chi connectivity index (χ2v) is 23.8. The highest BCUT2D eigenvalue weighted by Crippen LogP contribution is 2.47.